The van der Waals surface area contributed by atoms with Gasteiger partial charge in [0.05, 0.1) is 5.69 Å². The van der Waals surface area contributed by atoms with Crippen LogP contribution in [0.5, 0.6) is 0 Å². The van der Waals surface area contributed by atoms with Crippen molar-refractivity contribution in [1.29, 1.82) is 0 Å². The third-order valence-electron chi connectivity index (χ3n) is 2.42. The maximum atomic E-state index is 11.5. The second-order valence-corrected chi connectivity index (χ2v) is 3.99. The van der Waals surface area contributed by atoms with E-state index in [1.807, 2.05) is 12.1 Å². The fraction of sp³-hybridized carbons (Fsp3) is 0. The van der Waals surface area contributed by atoms with Gasteiger partial charge in [-0.1, -0.05) is 23.7 Å². The number of aromatic amines is 1. The molecule has 5 nitrogen and oxygen atoms in total. The van der Waals surface area contributed by atoms with Gasteiger partial charge in [0.1, 0.15) is 11.8 Å². The SMILES string of the molecule is O=c1[nH]ncn2nc(-c3cccc(Cl)c3)cc12. The average Bonchev–Trinajstić information content (AvgIpc) is 2.74. The van der Waals surface area contributed by atoms with Gasteiger partial charge >= 0.3 is 0 Å². The molecule has 0 saturated carbocycles. The van der Waals surface area contributed by atoms with Crippen molar-refractivity contribution in [3.63, 3.8) is 0 Å². The third-order valence-corrected chi connectivity index (χ3v) is 2.66. The van der Waals surface area contributed by atoms with Crippen LogP contribution in [0.4, 0.5) is 0 Å². The first-order valence-electron chi connectivity index (χ1n) is 4.93. The van der Waals surface area contributed by atoms with Gasteiger partial charge in [-0.3, -0.25) is 4.79 Å². The number of nitrogens with one attached hydrogen (secondary N) is 1. The lowest BCUT2D eigenvalue weighted by Crippen LogP contribution is -2.10. The van der Waals surface area contributed by atoms with Crippen molar-refractivity contribution in [1.82, 2.24) is 19.8 Å². The molecular weight excluding hydrogens is 240 g/mol. The molecule has 0 aliphatic carbocycles. The van der Waals surface area contributed by atoms with E-state index >= 15 is 0 Å². The molecule has 6 heteroatoms. The summed E-state index contributed by atoms with van der Waals surface area (Å²) < 4.78 is 1.44. The van der Waals surface area contributed by atoms with Crippen LogP contribution in [0.25, 0.3) is 16.8 Å². The molecule has 84 valence electrons. The van der Waals surface area contributed by atoms with E-state index in [-0.39, 0.29) is 5.56 Å². The topological polar surface area (TPSA) is 63.0 Å². The number of fused-ring (bicyclic) bond motifs is 1. The minimum atomic E-state index is -0.270. The summed E-state index contributed by atoms with van der Waals surface area (Å²) in [7, 11) is 0. The summed E-state index contributed by atoms with van der Waals surface area (Å²) >= 11 is 5.91. The Hall–Kier alpha value is -2.14. The highest BCUT2D eigenvalue weighted by Gasteiger charge is 2.07. The number of aromatic nitrogens is 4. The van der Waals surface area contributed by atoms with Gasteiger partial charge in [-0.15, -0.1) is 0 Å². The molecule has 0 fully saturated rings. The van der Waals surface area contributed by atoms with Gasteiger partial charge < -0.3 is 0 Å². The fourth-order valence-corrected chi connectivity index (χ4v) is 1.83. The third kappa shape index (κ3) is 1.70. The van der Waals surface area contributed by atoms with Crippen molar-refractivity contribution in [3.8, 4) is 11.3 Å². The van der Waals surface area contributed by atoms with Crippen LogP contribution in [0, 0.1) is 0 Å². The molecule has 0 aliphatic heterocycles. The molecule has 0 atom stereocenters. The number of hydrogen-bond donors (Lipinski definition) is 1. The zero-order chi connectivity index (χ0) is 11.8. The van der Waals surface area contributed by atoms with Gasteiger partial charge in [0.2, 0.25) is 0 Å². The highest BCUT2D eigenvalue weighted by Crippen LogP contribution is 2.21. The largest absolute Gasteiger partial charge is 0.290 e. The first-order valence-corrected chi connectivity index (χ1v) is 5.31. The molecule has 1 N–H and O–H groups in total. The number of halogens is 1. The Labute approximate surface area is 101 Å². The first kappa shape index (κ1) is 10.0. The predicted octanol–water partition coefficient (Wildman–Crippen LogP) is 1.74. The molecule has 0 bridgehead atoms. The summed E-state index contributed by atoms with van der Waals surface area (Å²) in [4.78, 5) is 11.5. The summed E-state index contributed by atoms with van der Waals surface area (Å²) in [5.41, 5.74) is 1.73. The van der Waals surface area contributed by atoms with Crippen LogP contribution in [-0.4, -0.2) is 19.8 Å². The number of hydrogen-bond acceptors (Lipinski definition) is 3. The van der Waals surface area contributed by atoms with Crippen LogP contribution in [0.15, 0.2) is 41.5 Å². The molecule has 1 aromatic carbocycles. The van der Waals surface area contributed by atoms with E-state index in [1.54, 1.807) is 18.2 Å². The van der Waals surface area contributed by atoms with Crippen LogP contribution < -0.4 is 5.56 Å². The van der Waals surface area contributed by atoms with Crippen LogP contribution in [0.1, 0.15) is 0 Å². The normalized spacial score (nSPS) is 10.9. The Morgan fingerprint density at radius 1 is 1.29 bits per heavy atom. The number of H-pyrrole nitrogens is 1. The number of benzene rings is 1. The fourth-order valence-electron chi connectivity index (χ4n) is 1.64. The van der Waals surface area contributed by atoms with Gasteiger partial charge in [0.15, 0.2) is 0 Å². The average molecular weight is 247 g/mol. The molecule has 2 aromatic heterocycles. The standard InChI is InChI=1S/C11H7ClN4O/c12-8-3-1-2-7(4-8)9-5-10-11(17)14-13-6-16(10)15-9/h1-6H,(H,14,17). The Bertz CT molecular complexity index is 746. The molecule has 0 spiro atoms. The maximum Gasteiger partial charge on any atom is 0.290 e. The van der Waals surface area contributed by atoms with Gasteiger partial charge in [0.25, 0.3) is 5.56 Å². The minimum Gasteiger partial charge on any atom is -0.266 e. The van der Waals surface area contributed by atoms with Crippen molar-refractivity contribution in [2.45, 2.75) is 0 Å². The van der Waals surface area contributed by atoms with E-state index < -0.39 is 0 Å². The second kappa shape index (κ2) is 3.71. The Kier molecular flexibility index (Phi) is 2.19. The quantitative estimate of drug-likeness (QED) is 0.711. The first-order chi connectivity index (χ1) is 8.24. The minimum absolute atomic E-state index is 0.270. The summed E-state index contributed by atoms with van der Waals surface area (Å²) in [5, 5.41) is 10.9. The van der Waals surface area contributed by atoms with E-state index in [2.05, 4.69) is 15.3 Å². The zero-order valence-electron chi connectivity index (χ0n) is 8.59. The molecule has 0 radical (unpaired) electrons. The Balaban J connectivity index is 2.25. The summed E-state index contributed by atoms with van der Waals surface area (Å²) in [6.45, 7) is 0. The van der Waals surface area contributed by atoms with Crippen LogP contribution in [0.3, 0.4) is 0 Å². The lowest BCUT2D eigenvalue weighted by molar-refractivity contribution is 0.848. The maximum absolute atomic E-state index is 11.5. The summed E-state index contributed by atoms with van der Waals surface area (Å²) in [5.74, 6) is 0. The molecular formula is C11H7ClN4O. The van der Waals surface area contributed by atoms with E-state index in [4.69, 9.17) is 11.6 Å². The van der Waals surface area contributed by atoms with Crippen LogP contribution in [0.2, 0.25) is 5.02 Å². The summed E-state index contributed by atoms with van der Waals surface area (Å²) in [6, 6.07) is 9.01. The molecule has 3 aromatic rings. The van der Waals surface area contributed by atoms with E-state index in [9.17, 15) is 4.79 Å². The van der Waals surface area contributed by atoms with Gasteiger partial charge in [-0.05, 0) is 18.2 Å². The predicted molar refractivity (Wildman–Crippen MR) is 64.1 cm³/mol. The monoisotopic (exact) mass is 246 g/mol. The lowest BCUT2D eigenvalue weighted by atomic mass is 10.1. The van der Waals surface area contributed by atoms with Gasteiger partial charge in [0, 0.05) is 10.6 Å². The Morgan fingerprint density at radius 3 is 2.94 bits per heavy atom. The smallest absolute Gasteiger partial charge is 0.266 e. The van der Waals surface area contributed by atoms with Crippen LogP contribution >= 0.6 is 11.6 Å². The molecule has 0 aliphatic rings. The molecule has 2 heterocycles. The highest BCUT2D eigenvalue weighted by atomic mass is 35.5. The van der Waals surface area contributed by atoms with Gasteiger partial charge in [-0.25, -0.2) is 9.61 Å². The number of rotatable bonds is 1. The molecule has 0 saturated heterocycles. The van der Waals surface area contributed by atoms with E-state index in [1.165, 1.54) is 10.8 Å². The molecule has 0 unspecified atom stereocenters. The molecule has 3 rings (SSSR count). The Morgan fingerprint density at radius 2 is 2.18 bits per heavy atom. The molecule has 17 heavy (non-hydrogen) atoms. The molecule has 0 amide bonds. The van der Waals surface area contributed by atoms with E-state index in [0.29, 0.717) is 16.2 Å². The lowest BCUT2D eigenvalue weighted by Gasteiger charge is -1.95. The van der Waals surface area contributed by atoms with Crippen molar-refractivity contribution in [2.24, 2.45) is 0 Å². The van der Waals surface area contributed by atoms with E-state index in [0.717, 1.165) is 5.56 Å². The van der Waals surface area contributed by atoms with Crippen molar-refractivity contribution < 1.29 is 0 Å². The van der Waals surface area contributed by atoms with Crippen LogP contribution in [-0.2, 0) is 0 Å². The number of nitrogens with zero attached hydrogens (tertiary/aromatic N) is 3. The zero-order valence-corrected chi connectivity index (χ0v) is 9.35. The second-order valence-electron chi connectivity index (χ2n) is 3.56. The highest BCUT2D eigenvalue weighted by molar-refractivity contribution is 6.30. The van der Waals surface area contributed by atoms with Crippen molar-refractivity contribution in [3.05, 3.63) is 52.0 Å². The van der Waals surface area contributed by atoms with Crippen molar-refractivity contribution >= 4 is 17.1 Å². The van der Waals surface area contributed by atoms with Gasteiger partial charge in [-0.2, -0.15) is 10.2 Å². The van der Waals surface area contributed by atoms with Crippen molar-refractivity contribution in [2.75, 3.05) is 0 Å². The summed E-state index contributed by atoms with van der Waals surface area (Å²) in [6.07, 6.45) is 1.45.